The Hall–Kier alpha value is -0.150. The van der Waals surface area contributed by atoms with Crippen LogP contribution in [0, 0.1) is 6.92 Å². The zero-order valence-electron chi connectivity index (χ0n) is 8.51. The van der Waals surface area contributed by atoms with Gasteiger partial charge in [-0.2, -0.15) is 0 Å². The molecule has 0 saturated carbocycles. The van der Waals surface area contributed by atoms with Gasteiger partial charge in [-0.1, -0.05) is 13.3 Å². The maximum atomic E-state index is 5.64. The maximum Gasteiger partial charge on any atom is 0.146 e. The molecule has 1 aromatic rings. The number of ether oxygens (including phenoxy) is 1. The minimum absolute atomic E-state index is 0.756. The van der Waals surface area contributed by atoms with E-state index in [2.05, 4.69) is 35.5 Å². The van der Waals surface area contributed by atoms with E-state index in [1.165, 1.54) is 5.56 Å². The highest BCUT2D eigenvalue weighted by Crippen LogP contribution is 2.33. The van der Waals surface area contributed by atoms with Crippen molar-refractivity contribution >= 4 is 28.6 Å². The molecule has 0 spiro atoms. The van der Waals surface area contributed by atoms with Gasteiger partial charge in [0.2, 0.25) is 0 Å². The Morgan fingerprint density at radius 1 is 1.43 bits per heavy atom. The zero-order valence-corrected chi connectivity index (χ0v) is 11.0. The minimum atomic E-state index is 0.756. The predicted octanol–water partition coefficient (Wildman–Crippen LogP) is 4.23. The molecular formula is C11H15BrOS. The van der Waals surface area contributed by atoms with Gasteiger partial charge >= 0.3 is 0 Å². The van der Waals surface area contributed by atoms with Crippen LogP contribution < -0.4 is 4.74 Å². The van der Waals surface area contributed by atoms with Crippen LogP contribution in [0.4, 0.5) is 0 Å². The van der Waals surface area contributed by atoms with E-state index in [9.17, 15) is 0 Å². The van der Waals surface area contributed by atoms with Gasteiger partial charge in [-0.25, -0.2) is 0 Å². The van der Waals surface area contributed by atoms with Crippen molar-refractivity contribution < 1.29 is 4.74 Å². The van der Waals surface area contributed by atoms with Gasteiger partial charge in [-0.3, -0.25) is 0 Å². The Balaban J connectivity index is 2.75. The molecule has 1 aromatic carbocycles. The molecule has 0 saturated heterocycles. The molecule has 0 heterocycles. The third-order valence-corrected chi connectivity index (χ3v) is 2.83. The molecule has 0 atom stereocenters. The number of unbranched alkanes of at least 4 members (excludes halogenated alkanes) is 1. The van der Waals surface area contributed by atoms with Gasteiger partial charge in [0, 0.05) is 4.90 Å². The van der Waals surface area contributed by atoms with Crippen LogP contribution in [0.3, 0.4) is 0 Å². The molecule has 0 fully saturated rings. The molecule has 1 nitrogen and oxygen atoms in total. The van der Waals surface area contributed by atoms with Crippen LogP contribution in [0.1, 0.15) is 25.3 Å². The number of hydrogen-bond acceptors (Lipinski definition) is 2. The molecule has 0 aromatic heterocycles. The molecule has 0 radical (unpaired) electrons. The fourth-order valence-electron chi connectivity index (χ4n) is 1.17. The number of rotatable bonds is 4. The Labute approximate surface area is 99.4 Å². The van der Waals surface area contributed by atoms with E-state index in [1.807, 2.05) is 19.1 Å². The van der Waals surface area contributed by atoms with Crippen LogP contribution in [0.2, 0.25) is 0 Å². The van der Waals surface area contributed by atoms with E-state index in [4.69, 9.17) is 4.74 Å². The topological polar surface area (TPSA) is 9.23 Å². The van der Waals surface area contributed by atoms with Crippen LogP contribution in [0.15, 0.2) is 21.5 Å². The van der Waals surface area contributed by atoms with Gasteiger partial charge in [0.1, 0.15) is 5.75 Å². The summed E-state index contributed by atoms with van der Waals surface area (Å²) < 4.78 is 6.62. The van der Waals surface area contributed by atoms with E-state index in [-0.39, 0.29) is 0 Å². The molecule has 78 valence electrons. The molecule has 0 N–H and O–H groups in total. The first kappa shape index (κ1) is 11.9. The molecule has 0 unspecified atom stereocenters. The SMILES string of the molecule is CCCCOc1c(S)cc(C)cc1Br. The third-order valence-electron chi connectivity index (χ3n) is 1.91. The second-order valence-corrected chi connectivity index (χ2v) is 4.63. The Morgan fingerprint density at radius 2 is 2.14 bits per heavy atom. The fourth-order valence-corrected chi connectivity index (χ4v) is 2.40. The second kappa shape index (κ2) is 5.66. The standard InChI is InChI=1S/C11H15BrOS/c1-3-4-5-13-11-9(12)6-8(2)7-10(11)14/h6-7,14H,3-5H2,1-2H3. The molecule has 0 aliphatic carbocycles. The number of hydrogen-bond donors (Lipinski definition) is 1. The highest BCUT2D eigenvalue weighted by Gasteiger charge is 2.06. The third kappa shape index (κ3) is 3.21. The first-order valence-electron chi connectivity index (χ1n) is 4.77. The number of aryl methyl sites for hydroxylation is 1. The van der Waals surface area contributed by atoms with E-state index in [0.29, 0.717) is 0 Å². The van der Waals surface area contributed by atoms with Crippen molar-refractivity contribution in [2.24, 2.45) is 0 Å². The molecule has 1 rings (SSSR count). The summed E-state index contributed by atoms with van der Waals surface area (Å²) >= 11 is 7.86. The van der Waals surface area contributed by atoms with Crippen molar-refractivity contribution in [3.8, 4) is 5.75 Å². The van der Waals surface area contributed by atoms with Gasteiger partial charge in [0.15, 0.2) is 0 Å². The van der Waals surface area contributed by atoms with Gasteiger partial charge in [-0.15, -0.1) is 12.6 Å². The Bertz CT molecular complexity index is 289. The highest BCUT2D eigenvalue weighted by molar-refractivity contribution is 9.10. The summed E-state index contributed by atoms with van der Waals surface area (Å²) in [7, 11) is 0. The van der Waals surface area contributed by atoms with Gasteiger partial charge in [0.25, 0.3) is 0 Å². The molecule has 14 heavy (non-hydrogen) atoms. The van der Waals surface area contributed by atoms with Crippen LogP contribution in [0.25, 0.3) is 0 Å². The van der Waals surface area contributed by atoms with Crippen LogP contribution in [-0.2, 0) is 0 Å². The molecule has 0 aliphatic rings. The van der Waals surface area contributed by atoms with Gasteiger partial charge in [-0.05, 0) is 47.0 Å². The van der Waals surface area contributed by atoms with Gasteiger partial charge in [0.05, 0.1) is 11.1 Å². The minimum Gasteiger partial charge on any atom is -0.491 e. The largest absolute Gasteiger partial charge is 0.491 e. The fraction of sp³-hybridized carbons (Fsp3) is 0.455. The average Bonchev–Trinajstić information content (AvgIpc) is 2.09. The van der Waals surface area contributed by atoms with E-state index in [1.54, 1.807) is 0 Å². The van der Waals surface area contributed by atoms with E-state index in [0.717, 1.165) is 34.6 Å². The van der Waals surface area contributed by atoms with E-state index >= 15 is 0 Å². The highest BCUT2D eigenvalue weighted by atomic mass is 79.9. The lowest BCUT2D eigenvalue weighted by Crippen LogP contribution is -1.98. The smallest absolute Gasteiger partial charge is 0.146 e. The summed E-state index contributed by atoms with van der Waals surface area (Å²) in [5.41, 5.74) is 1.18. The lowest BCUT2D eigenvalue weighted by atomic mass is 10.2. The van der Waals surface area contributed by atoms with Gasteiger partial charge < -0.3 is 4.74 Å². The monoisotopic (exact) mass is 274 g/mol. The first-order chi connectivity index (χ1) is 6.65. The summed E-state index contributed by atoms with van der Waals surface area (Å²) in [5, 5.41) is 0. The molecule has 0 amide bonds. The Morgan fingerprint density at radius 3 is 2.71 bits per heavy atom. The van der Waals surface area contributed by atoms with Crippen molar-refractivity contribution in [1.29, 1.82) is 0 Å². The summed E-state index contributed by atoms with van der Waals surface area (Å²) in [6.45, 7) is 4.95. The van der Waals surface area contributed by atoms with Crippen LogP contribution in [0.5, 0.6) is 5.75 Å². The van der Waals surface area contributed by atoms with E-state index < -0.39 is 0 Å². The predicted molar refractivity (Wildman–Crippen MR) is 66.5 cm³/mol. The van der Waals surface area contributed by atoms with Crippen molar-refractivity contribution in [2.75, 3.05) is 6.61 Å². The van der Waals surface area contributed by atoms with Crippen molar-refractivity contribution in [2.45, 2.75) is 31.6 Å². The van der Waals surface area contributed by atoms with Crippen molar-refractivity contribution in [3.63, 3.8) is 0 Å². The molecule has 0 bridgehead atoms. The lowest BCUT2D eigenvalue weighted by Gasteiger charge is -2.10. The zero-order chi connectivity index (χ0) is 10.6. The summed E-state index contributed by atoms with van der Waals surface area (Å²) in [4.78, 5) is 0.896. The molecule has 3 heteroatoms. The Kier molecular flexibility index (Phi) is 4.82. The molecule has 0 aliphatic heterocycles. The average molecular weight is 275 g/mol. The second-order valence-electron chi connectivity index (χ2n) is 3.30. The first-order valence-corrected chi connectivity index (χ1v) is 6.01. The van der Waals surface area contributed by atoms with Crippen molar-refractivity contribution in [3.05, 3.63) is 22.2 Å². The van der Waals surface area contributed by atoms with Crippen LogP contribution in [-0.4, -0.2) is 6.61 Å². The number of thiol groups is 1. The number of benzene rings is 1. The quantitative estimate of drug-likeness (QED) is 0.639. The summed E-state index contributed by atoms with van der Waals surface area (Å²) in [6, 6.07) is 4.05. The molecular weight excluding hydrogens is 260 g/mol. The lowest BCUT2D eigenvalue weighted by molar-refractivity contribution is 0.300. The number of halogens is 1. The summed E-state index contributed by atoms with van der Waals surface area (Å²) in [5.74, 6) is 0.854. The van der Waals surface area contributed by atoms with Crippen molar-refractivity contribution in [1.82, 2.24) is 0 Å². The maximum absolute atomic E-state index is 5.64. The summed E-state index contributed by atoms with van der Waals surface area (Å²) in [6.07, 6.45) is 2.22. The van der Waals surface area contributed by atoms with Crippen LogP contribution >= 0.6 is 28.6 Å². The normalized spacial score (nSPS) is 10.3.